The highest BCUT2D eigenvalue weighted by Gasteiger charge is 2.48. The Bertz CT molecular complexity index is 1010. The summed E-state index contributed by atoms with van der Waals surface area (Å²) in [4.78, 5) is 27.2. The molecule has 0 spiro atoms. The number of hydrogen-bond donors (Lipinski definition) is 3. The minimum Gasteiger partial charge on any atom is -0.477 e. The van der Waals surface area contributed by atoms with Crippen LogP contribution in [0.3, 0.4) is 0 Å². The monoisotopic (exact) mass is 432 g/mol. The van der Waals surface area contributed by atoms with Crippen LogP contribution < -0.4 is 5.32 Å². The van der Waals surface area contributed by atoms with E-state index in [4.69, 9.17) is 23.2 Å². The number of aromatic amines is 1. The second-order valence-electron chi connectivity index (χ2n) is 8.83. The van der Waals surface area contributed by atoms with Crippen molar-refractivity contribution in [1.82, 2.24) is 10.3 Å². The second-order valence-corrected chi connectivity index (χ2v) is 9.67. The molecule has 2 aromatic rings. The van der Waals surface area contributed by atoms with Gasteiger partial charge >= 0.3 is 5.97 Å². The highest BCUT2D eigenvalue weighted by molar-refractivity contribution is 6.39. The largest absolute Gasteiger partial charge is 0.477 e. The summed E-state index contributed by atoms with van der Waals surface area (Å²) in [5, 5.41) is 14.1. The molecule has 0 saturated heterocycles. The van der Waals surface area contributed by atoms with E-state index in [1.807, 2.05) is 0 Å². The van der Waals surface area contributed by atoms with Gasteiger partial charge in [-0.1, -0.05) is 23.2 Å². The number of H-pyrrole nitrogens is 1. The van der Waals surface area contributed by atoms with Crippen molar-refractivity contribution in [1.29, 1.82) is 0 Å². The molecule has 1 aromatic carbocycles. The highest BCUT2D eigenvalue weighted by atomic mass is 35.5. The maximum absolute atomic E-state index is 12.7. The predicted molar refractivity (Wildman–Crippen MR) is 113 cm³/mol. The average Bonchev–Trinajstić information content (AvgIpc) is 3.01. The van der Waals surface area contributed by atoms with Crippen molar-refractivity contribution in [3.8, 4) is 0 Å². The molecule has 1 heterocycles. The third-order valence-electron chi connectivity index (χ3n) is 7.00. The third-order valence-corrected chi connectivity index (χ3v) is 7.52. The number of rotatable bonds is 4. The number of nitrogens with one attached hydrogen (secondary N) is 2. The van der Waals surface area contributed by atoms with Gasteiger partial charge in [-0.2, -0.15) is 0 Å². The molecule has 0 aliphatic heterocycles. The Morgan fingerprint density at radius 3 is 2.34 bits per heavy atom. The van der Waals surface area contributed by atoms with Crippen LogP contribution in [-0.4, -0.2) is 28.0 Å². The Morgan fingerprint density at radius 2 is 1.72 bits per heavy atom. The molecule has 1 aromatic heterocycles. The van der Waals surface area contributed by atoms with Gasteiger partial charge < -0.3 is 15.4 Å². The minimum atomic E-state index is -1.12. The highest BCUT2D eigenvalue weighted by Crippen LogP contribution is 2.53. The van der Waals surface area contributed by atoms with Crippen LogP contribution in [0.1, 0.15) is 48.2 Å². The quantitative estimate of drug-likeness (QED) is 0.585. The number of carboxylic acids is 1. The number of hydrogen-bond acceptors (Lipinski definition) is 2. The maximum Gasteiger partial charge on any atom is 0.352 e. The molecule has 6 rings (SSSR count). The second kappa shape index (κ2) is 7.06. The van der Waals surface area contributed by atoms with Crippen LogP contribution >= 0.6 is 23.2 Å². The van der Waals surface area contributed by atoms with Gasteiger partial charge in [0.15, 0.2) is 0 Å². The van der Waals surface area contributed by atoms with Crippen LogP contribution in [0.4, 0.5) is 0 Å². The summed E-state index contributed by atoms with van der Waals surface area (Å²) in [5.41, 5.74) is 0.901. The van der Waals surface area contributed by atoms with E-state index in [1.165, 1.54) is 44.3 Å². The molecule has 4 fully saturated rings. The van der Waals surface area contributed by atoms with Crippen molar-refractivity contribution in [2.45, 2.75) is 38.1 Å². The van der Waals surface area contributed by atoms with Crippen molar-refractivity contribution in [2.24, 2.45) is 23.7 Å². The van der Waals surface area contributed by atoms with E-state index in [2.05, 4.69) is 10.3 Å². The molecule has 4 bridgehead atoms. The average molecular weight is 433 g/mol. The lowest BCUT2D eigenvalue weighted by Crippen LogP contribution is -2.55. The van der Waals surface area contributed by atoms with Gasteiger partial charge in [-0.15, -0.1) is 0 Å². The van der Waals surface area contributed by atoms with Crippen LogP contribution in [0.25, 0.3) is 17.0 Å². The number of halogens is 2. The van der Waals surface area contributed by atoms with Crippen LogP contribution in [0, 0.1) is 23.7 Å². The van der Waals surface area contributed by atoms with E-state index in [1.54, 1.807) is 12.1 Å². The first-order valence-corrected chi connectivity index (χ1v) is 10.9. The Labute approximate surface area is 178 Å². The summed E-state index contributed by atoms with van der Waals surface area (Å²) in [7, 11) is 0. The Morgan fingerprint density at radius 1 is 1.07 bits per heavy atom. The number of aromatic carboxylic acids is 1. The van der Waals surface area contributed by atoms with Gasteiger partial charge in [0.2, 0.25) is 5.91 Å². The van der Waals surface area contributed by atoms with Crippen LogP contribution in [0.5, 0.6) is 0 Å². The minimum absolute atomic E-state index is 0.0113. The number of carbonyl (C=O) groups excluding carboxylic acids is 1. The lowest BCUT2D eigenvalue weighted by molar-refractivity contribution is -0.120. The number of aromatic nitrogens is 1. The van der Waals surface area contributed by atoms with Crippen molar-refractivity contribution in [3.05, 3.63) is 39.5 Å². The smallest absolute Gasteiger partial charge is 0.352 e. The predicted octanol–water partition coefficient (Wildman–Crippen LogP) is 5.13. The molecule has 0 radical (unpaired) electrons. The van der Waals surface area contributed by atoms with Crippen molar-refractivity contribution in [2.75, 3.05) is 0 Å². The number of benzene rings is 1. The standard InChI is InChI=1S/C22H22Cl2N2O3/c23-14-8-16(24)19-15(21(22(28)29)25-17(19)9-14)1-2-18(27)26-20-12-4-10-3-11(6-12)7-13(20)5-10/h1-2,8-13,20,25H,3-7H2,(H,26,27)(H,28,29)/b2-1+. The van der Waals surface area contributed by atoms with Gasteiger partial charge in [-0.3, -0.25) is 4.79 Å². The molecule has 1 amide bonds. The Hall–Kier alpha value is -1.98. The first-order chi connectivity index (χ1) is 13.9. The molecule has 0 unspecified atom stereocenters. The maximum atomic E-state index is 12.7. The number of fused-ring (bicyclic) bond motifs is 1. The lowest BCUT2D eigenvalue weighted by Gasteiger charge is -2.54. The Balaban J connectivity index is 1.40. The van der Waals surface area contributed by atoms with Crippen molar-refractivity contribution in [3.63, 3.8) is 0 Å². The normalized spacial score (nSPS) is 30.3. The van der Waals surface area contributed by atoms with Gasteiger partial charge in [0.1, 0.15) is 5.69 Å². The fourth-order valence-corrected chi connectivity index (χ4v) is 6.74. The van der Waals surface area contributed by atoms with Gasteiger partial charge in [0.05, 0.1) is 5.02 Å². The summed E-state index contributed by atoms with van der Waals surface area (Å²) >= 11 is 12.3. The molecule has 5 nitrogen and oxygen atoms in total. The summed E-state index contributed by atoms with van der Waals surface area (Å²) in [6, 6.07) is 3.43. The van der Waals surface area contributed by atoms with Gasteiger partial charge in [-0.05, 0) is 74.0 Å². The number of carboxylic acid groups (broad SMARTS) is 1. The molecule has 29 heavy (non-hydrogen) atoms. The van der Waals surface area contributed by atoms with Crippen molar-refractivity contribution >= 4 is 52.1 Å². The molecule has 7 heteroatoms. The molecule has 0 atom stereocenters. The fourth-order valence-electron chi connectivity index (χ4n) is 6.14. The van der Waals surface area contributed by atoms with Crippen LogP contribution in [-0.2, 0) is 4.79 Å². The molecule has 4 saturated carbocycles. The van der Waals surface area contributed by atoms with Crippen molar-refractivity contribution < 1.29 is 14.7 Å². The molecular weight excluding hydrogens is 411 g/mol. The zero-order valence-corrected chi connectivity index (χ0v) is 17.3. The topological polar surface area (TPSA) is 82.2 Å². The molecule has 152 valence electrons. The Kier molecular flexibility index (Phi) is 4.63. The van der Waals surface area contributed by atoms with E-state index in [0.29, 0.717) is 38.3 Å². The summed E-state index contributed by atoms with van der Waals surface area (Å²) in [6.45, 7) is 0. The first kappa shape index (κ1) is 19.0. The lowest BCUT2D eigenvalue weighted by atomic mass is 9.54. The molecule has 4 aliphatic carbocycles. The van der Waals surface area contributed by atoms with Crippen LogP contribution in [0.2, 0.25) is 10.0 Å². The zero-order valence-electron chi connectivity index (χ0n) is 15.8. The van der Waals surface area contributed by atoms with E-state index in [0.717, 1.165) is 11.8 Å². The molecular formula is C22H22Cl2N2O3. The molecule has 3 N–H and O–H groups in total. The first-order valence-electron chi connectivity index (χ1n) is 10.1. The third kappa shape index (κ3) is 3.34. The SMILES string of the molecule is O=C(/C=C/c1c(C(=O)O)[nH]c2cc(Cl)cc(Cl)c12)NC1C2CC3CC(C2)CC1C3. The zero-order chi connectivity index (χ0) is 20.3. The van der Waals surface area contributed by atoms with E-state index in [9.17, 15) is 14.7 Å². The van der Waals surface area contributed by atoms with Gasteiger partial charge in [-0.25, -0.2) is 4.79 Å². The van der Waals surface area contributed by atoms with Crippen LogP contribution in [0.15, 0.2) is 18.2 Å². The summed E-state index contributed by atoms with van der Waals surface area (Å²) < 4.78 is 0. The summed E-state index contributed by atoms with van der Waals surface area (Å²) in [5.74, 6) is 1.57. The fraction of sp³-hybridized carbons (Fsp3) is 0.455. The van der Waals surface area contributed by atoms with E-state index in [-0.39, 0.29) is 17.6 Å². The van der Waals surface area contributed by atoms with Gasteiger partial charge in [0.25, 0.3) is 0 Å². The van der Waals surface area contributed by atoms with E-state index >= 15 is 0 Å². The number of carbonyl (C=O) groups is 2. The molecule has 4 aliphatic rings. The van der Waals surface area contributed by atoms with E-state index < -0.39 is 5.97 Å². The van der Waals surface area contributed by atoms with Gasteiger partial charge in [0, 0.05) is 33.6 Å². The number of amides is 1. The summed E-state index contributed by atoms with van der Waals surface area (Å²) in [6.07, 6.45) is 9.23.